The van der Waals surface area contributed by atoms with Crippen molar-refractivity contribution in [3.05, 3.63) is 65.9 Å². The van der Waals surface area contributed by atoms with Gasteiger partial charge in [-0.1, -0.05) is 25.1 Å². The van der Waals surface area contributed by atoms with Gasteiger partial charge in [0, 0.05) is 29.9 Å². The Morgan fingerprint density at radius 1 is 1.13 bits per heavy atom. The van der Waals surface area contributed by atoms with Crippen LogP contribution in [-0.4, -0.2) is 36.7 Å². The Labute approximate surface area is 177 Å². The number of fused-ring (bicyclic) bond motifs is 1. The second kappa shape index (κ2) is 8.16. The Morgan fingerprint density at radius 2 is 1.87 bits per heavy atom. The van der Waals surface area contributed by atoms with E-state index in [0.717, 1.165) is 29.4 Å². The number of sulfonamides is 1. The molecule has 1 aromatic heterocycles. The van der Waals surface area contributed by atoms with Gasteiger partial charge in [0.05, 0.1) is 16.0 Å². The average Bonchev–Trinajstić information content (AvgIpc) is 2.73. The highest BCUT2D eigenvalue weighted by atomic mass is 32.2. The Balaban J connectivity index is 1.55. The number of nitrogens with zero attached hydrogens (tertiary/aromatic N) is 2. The summed E-state index contributed by atoms with van der Waals surface area (Å²) in [6.45, 7) is 5.03. The molecule has 1 unspecified atom stereocenters. The molecule has 0 bridgehead atoms. The van der Waals surface area contributed by atoms with Crippen LogP contribution in [0.25, 0.3) is 10.9 Å². The van der Waals surface area contributed by atoms with E-state index in [4.69, 9.17) is 0 Å². The molecule has 4 rings (SSSR count). The van der Waals surface area contributed by atoms with Gasteiger partial charge >= 0.3 is 0 Å². The number of nitrogens with one attached hydrogen (secondary N) is 1. The lowest BCUT2D eigenvalue weighted by molar-refractivity contribution is 0.102. The summed E-state index contributed by atoms with van der Waals surface area (Å²) in [4.78, 5) is 17.6. The first kappa shape index (κ1) is 20.5. The minimum absolute atomic E-state index is 0.250. The quantitative estimate of drug-likeness (QED) is 0.682. The number of amides is 1. The number of carbonyl (C=O) groups excluding carboxylic acids is 1. The summed E-state index contributed by atoms with van der Waals surface area (Å²) >= 11 is 0. The minimum atomic E-state index is -3.51. The number of hydrogen-bond acceptors (Lipinski definition) is 4. The summed E-state index contributed by atoms with van der Waals surface area (Å²) in [6.07, 6.45) is 1.94. The van der Waals surface area contributed by atoms with Crippen LogP contribution in [-0.2, 0) is 10.0 Å². The molecule has 0 saturated carbocycles. The van der Waals surface area contributed by atoms with Crippen molar-refractivity contribution >= 4 is 32.5 Å². The molecule has 0 spiro atoms. The van der Waals surface area contributed by atoms with Crippen molar-refractivity contribution in [1.29, 1.82) is 0 Å². The Hall–Kier alpha value is -2.77. The summed E-state index contributed by atoms with van der Waals surface area (Å²) in [5.74, 6) is 0.114. The highest BCUT2D eigenvalue weighted by Crippen LogP contribution is 2.25. The standard InChI is InChI=1S/C23H25N3O3S/c1-16-6-5-13-26(15-16)30(28,29)19-11-9-18(10-12-19)25-23(27)21-14-17(2)24-22-8-4-3-7-20(21)22/h3-4,7-12,14,16H,5-6,13,15H2,1-2H3,(H,25,27). The number of aryl methyl sites for hydroxylation is 1. The van der Waals surface area contributed by atoms with Crippen LogP contribution in [0.3, 0.4) is 0 Å². The van der Waals surface area contributed by atoms with Crippen LogP contribution >= 0.6 is 0 Å². The number of benzene rings is 2. The Bertz CT molecular complexity index is 1190. The summed E-state index contributed by atoms with van der Waals surface area (Å²) in [5.41, 5.74) is 2.61. The van der Waals surface area contributed by atoms with E-state index in [1.807, 2.05) is 31.2 Å². The molecular weight excluding hydrogens is 398 g/mol. The molecule has 6 nitrogen and oxygen atoms in total. The molecule has 1 aliphatic rings. The zero-order valence-corrected chi connectivity index (χ0v) is 17.9. The van der Waals surface area contributed by atoms with Crippen molar-refractivity contribution in [1.82, 2.24) is 9.29 Å². The van der Waals surface area contributed by atoms with Gasteiger partial charge in [-0.2, -0.15) is 4.31 Å². The Morgan fingerprint density at radius 3 is 2.60 bits per heavy atom. The molecule has 0 radical (unpaired) electrons. The van der Waals surface area contributed by atoms with Crippen LogP contribution in [0.2, 0.25) is 0 Å². The third-order valence-electron chi connectivity index (χ3n) is 5.46. The largest absolute Gasteiger partial charge is 0.322 e. The molecule has 1 saturated heterocycles. The molecule has 1 amide bonds. The number of aromatic nitrogens is 1. The predicted octanol–water partition coefficient (Wildman–Crippen LogP) is 4.22. The summed E-state index contributed by atoms with van der Waals surface area (Å²) in [6, 6.07) is 15.6. The maximum atomic E-state index is 12.9. The number of pyridine rings is 1. The fraction of sp³-hybridized carbons (Fsp3) is 0.304. The van der Waals surface area contributed by atoms with Gasteiger partial charge in [-0.3, -0.25) is 9.78 Å². The van der Waals surface area contributed by atoms with Crippen LogP contribution < -0.4 is 5.32 Å². The van der Waals surface area contributed by atoms with Gasteiger partial charge in [0.2, 0.25) is 10.0 Å². The van der Waals surface area contributed by atoms with E-state index in [1.54, 1.807) is 34.6 Å². The van der Waals surface area contributed by atoms with E-state index < -0.39 is 10.0 Å². The molecule has 7 heteroatoms. The van der Waals surface area contributed by atoms with Crippen molar-refractivity contribution in [3.63, 3.8) is 0 Å². The van der Waals surface area contributed by atoms with Crippen LogP contribution in [0.15, 0.2) is 59.5 Å². The first-order chi connectivity index (χ1) is 14.3. The SMILES string of the molecule is Cc1cc(C(=O)Nc2ccc(S(=O)(=O)N3CCCC(C)C3)cc2)c2ccccc2n1. The number of anilines is 1. The van der Waals surface area contributed by atoms with Crippen molar-refractivity contribution in [2.45, 2.75) is 31.6 Å². The third-order valence-corrected chi connectivity index (χ3v) is 7.34. The monoisotopic (exact) mass is 423 g/mol. The molecule has 2 aromatic carbocycles. The maximum absolute atomic E-state index is 12.9. The lowest BCUT2D eigenvalue weighted by Crippen LogP contribution is -2.39. The lowest BCUT2D eigenvalue weighted by Gasteiger charge is -2.30. The van der Waals surface area contributed by atoms with E-state index in [9.17, 15) is 13.2 Å². The molecule has 3 aromatic rings. The van der Waals surface area contributed by atoms with E-state index in [2.05, 4.69) is 17.2 Å². The molecule has 1 fully saturated rings. The van der Waals surface area contributed by atoms with Crippen LogP contribution in [0.1, 0.15) is 35.8 Å². The van der Waals surface area contributed by atoms with Crippen LogP contribution in [0, 0.1) is 12.8 Å². The molecule has 1 aliphatic heterocycles. The average molecular weight is 424 g/mol. The molecule has 30 heavy (non-hydrogen) atoms. The number of rotatable bonds is 4. The normalized spacial score (nSPS) is 17.7. The van der Waals surface area contributed by atoms with Crippen molar-refractivity contribution in [2.24, 2.45) is 5.92 Å². The van der Waals surface area contributed by atoms with Gasteiger partial charge < -0.3 is 5.32 Å². The predicted molar refractivity (Wildman–Crippen MR) is 118 cm³/mol. The zero-order valence-electron chi connectivity index (χ0n) is 17.1. The van der Waals surface area contributed by atoms with E-state index in [0.29, 0.717) is 30.3 Å². The summed E-state index contributed by atoms with van der Waals surface area (Å²) in [7, 11) is -3.51. The zero-order chi connectivity index (χ0) is 21.3. The summed E-state index contributed by atoms with van der Waals surface area (Å²) < 4.78 is 27.4. The highest BCUT2D eigenvalue weighted by molar-refractivity contribution is 7.89. The second-order valence-corrected chi connectivity index (χ2v) is 9.86. The van der Waals surface area contributed by atoms with Gasteiger partial charge in [0.15, 0.2) is 0 Å². The molecule has 1 atom stereocenters. The molecule has 2 heterocycles. The number of para-hydroxylation sites is 1. The minimum Gasteiger partial charge on any atom is -0.322 e. The molecule has 0 aliphatic carbocycles. The summed E-state index contributed by atoms with van der Waals surface area (Å²) in [5, 5.41) is 3.64. The van der Waals surface area contributed by atoms with Gasteiger partial charge in [0.25, 0.3) is 5.91 Å². The van der Waals surface area contributed by atoms with Gasteiger partial charge in [-0.15, -0.1) is 0 Å². The number of hydrogen-bond donors (Lipinski definition) is 1. The lowest BCUT2D eigenvalue weighted by atomic mass is 10.0. The molecular formula is C23H25N3O3S. The topological polar surface area (TPSA) is 79.4 Å². The molecule has 1 N–H and O–H groups in total. The maximum Gasteiger partial charge on any atom is 0.256 e. The van der Waals surface area contributed by atoms with Crippen molar-refractivity contribution in [3.8, 4) is 0 Å². The third kappa shape index (κ3) is 4.08. The smallest absolute Gasteiger partial charge is 0.256 e. The first-order valence-electron chi connectivity index (χ1n) is 10.1. The van der Waals surface area contributed by atoms with Crippen LogP contribution in [0.5, 0.6) is 0 Å². The fourth-order valence-corrected chi connectivity index (χ4v) is 5.52. The number of carbonyl (C=O) groups is 1. The van der Waals surface area contributed by atoms with Crippen LogP contribution in [0.4, 0.5) is 5.69 Å². The van der Waals surface area contributed by atoms with E-state index >= 15 is 0 Å². The highest BCUT2D eigenvalue weighted by Gasteiger charge is 2.28. The van der Waals surface area contributed by atoms with Gasteiger partial charge in [-0.05, 0) is 62.1 Å². The number of piperidine rings is 1. The van der Waals surface area contributed by atoms with Crippen molar-refractivity contribution in [2.75, 3.05) is 18.4 Å². The first-order valence-corrected chi connectivity index (χ1v) is 11.6. The Kier molecular flexibility index (Phi) is 5.58. The molecule has 156 valence electrons. The fourth-order valence-electron chi connectivity index (χ4n) is 3.92. The van der Waals surface area contributed by atoms with E-state index in [1.165, 1.54) is 0 Å². The second-order valence-electron chi connectivity index (χ2n) is 7.92. The van der Waals surface area contributed by atoms with Crippen molar-refractivity contribution < 1.29 is 13.2 Å². The van der Waals surface area contributed by atoms with Gasteiger partial charge in [-0.25, -0.2) is 8.42 Å². The van der Waals surface area contributed by atoms with E-state index in [-0.39, 0.29) is 10.8 Å². The van der Waals surface area contributed by atoms with Gasteiger partial charge in [0.1, 0.15) is 0 Å².